The van der Waals surface area contributed by atoms with Crippen LogP contribution in [0.3, 0.4) is 0 Å². The van der Waals surface area contributed by atoms with Crippen molar-refractivity contribution in [3.63, 3.8) is 0 Å². The highest BCUT2D eigenvalue weighted by atomic mass is 16.2. The number of hydrogen-bond acceptors (Lipinski definition) is 3. The predicted molar refractivity (Wildman–Crippen MR) is 115 cm³/mol. The summed E-state index contributed by atoms with van der Waals surface area (Å²) in [7, 11) is 1.87. The normalized spacial score (nSPS) is 15.7. The Morgan fingerprint density at radius 3 is 2.33 bits per heavy atom. The van der Waals surface area contributed by atoms with E-state index in [1.54, 1.807) is 4.68 Å². The quantitative estimate of drug-likeness (QED) is 0.554. The summed E-state index contributed by atoms with van der Waals surface area (Å²) in [5.41, 5.74) is 4.76. The Bertz CT molecular complexity index is 1300. The molecule has 4 aromatic rings. The Labute approximate surface area is 173 Å². The van der Waals surface area contributed by atoms with Gasteiger partial charge in [-0.3, -0.25) is 19.4 Å². The van der Waals surface area contributed by atoms with Crippen LogP contribution in [0.2, 0.25) is 0 Å². The lowest BCUT2D eigenvalue weighted by Gasteiger charge is -2.22. The molecule has 150 valence electrons. The largest absolute Gasteiger partial charge is 0.309 e. The van der Waals surface area contributed by atoms with Crippen molar-refractivity contribution in [1.82, 2.24) is 19.6 Å². The second kappa shape index (κ2) is 6.88. The number of aromatic amines is 1. The van der Waals surface area contributed by atoms with E-state index >= 15 is 0 Å². The van der Waals surface area contributed by atoms with E-state index in [0.717, 1.165) is 28.2 Å². The molecule has 30 heavy (non-hydrogen) atoms. The van der Waals surface area contributed by atoms with E-state index in [1.807, 2.05) is 79.3 Å². The zero-order valence-corrected chi connectivity index (χ0v) is 16.7. The molecule has 0 bridgehead atoms. The number of carbonyl (C=O) groups is 1. The van der Waals surface area contributed by atoms with E-state index in [-0.39, 0.29) is 23.8 Å². The van der Waals surface area contributed by atoms with Gasteiger partial charge in [0.05, 0.1) is 11.4 Å². The zero-order valence-electron chi connectivity index (χ0n) is 16.7. The third kappa shape index (κ3) is 2.70. The molecule has 5 rings (SSSR count). The maximum absolute atomic E-state index is 13.6. The molecular formula is C23H21N5O2. The second-order valence-electron chi connectivity index (χ2n) is 7.51. The molecule has 0 saturated carbocycles. The number of fused-ring (bicyclic) bond motifs is 1. The van der Waals surface area contributed by atoms with Crippen LogP contribution in [0.1, 0.15) is 29.2 Å². The first-order chi connectivity index (χ1) is 14.6. The molecule has 2 N–H and O–H groups in total. The standard InChI is InChI=1S/C23H21N5O2/c1-14-19(23(30)28(27(14)2)16-11-7-4-8-12-16)17-13-18(29)24-22-20(17)21(25-26-22)15-9-5-3-6-10-15/h3-12,17H,13H2,1-2H3,(H2,24,25,26,29)/t17-/m1/s1. The average molecular weight is 399 g/mol. The summed E-state index contributed by atoms with van der Waals surface area (Å²) >= 11 is 0. The molecule has 1 aliphatic rings. The summed E-state index contributed by atoms with van der Waals surface area (Å²) in [6.45, 7) is 1.92. The maximum Gasteiger partial charge on any atom is 0.275 e. The predicted octanol–water partition coefficient (Wildman–Crippen LogP) is 3.35. The number of nitrogens with one attached hydrogen (secondary N) is 2. The molecule has 0 spiro atoms. The van der Waals surface area contributed by atoms with Crippen LogP contribution in [0.25, 0.3) is 16.9 Å². The first-order valence-corrected chi connectivity index (χ1v) is 9.83. The molecule has 0 saturated heterocycles. The highest BCUT2D eigenvalue weighted by Crippen LogP contribution is 2.41. The van der Waals surface area contributed by atoms with Crippen LogP contribution in [0, 0.1) is 6.92 Å². The SMILES string of the molecule is Cc1c([C@H]2CC(=O)Nc3n[nH]c(-c4ccccc4)c32)c(=O)n(-c2ccccc2)n1C. The van der Waals surface area contributed by atoms with E-state index in [1.165, 1.54) is 0 Å². The van der Waals surface area contributed by atoms with Crippen LogP contribution in [0.15, 0.2) is 65.5 Å². The second-order valence-corrected chi connectivity index (χ2v) is 7.51. The van der Waals surface area contributed by atoms with Crippen LogP contribution in [0.5, 0.6) is 0 Å². The van der Waals surface area contributed by atoms with E-state index in [4.69, 9.17) is 0 Å². The van der Waals surface area contributed by atoms with Crippen LogP contribution in [-0.2, 0) is 11.8 Å². The van der Waals surface area contributed by atoms with Gasteiger partial charge in [-0.1, -0.05) is 48.5 Å². The highest BCUT2D eigenvalue weighted by molar-refractivity contribution is 5.96. The lowest BCUT2D eigenvalue weighted by Crippen LogP contribution is -2.28. The molecule has 1 atom stereocenters. The molecule has 7 heteroatoms. The van der Waals surface area contributed by atoms with Gasteiger partial charge in [-0.2, -0.15) is 5.10 Å². The Hall–Kier alpha value is -3.87. The topological polar surface area (TPSA) is 84.7 Å². The zero-order chi connectivity index (χ0) is 20.8. The summed E-state index contributed by atoms with van der Waals surface area (Å²) < 4.78 is 3.50. The average Bonchev–Trinajstić information content (AvgIpc) is 3.27. The number of rotatable bonds is 3. The first-order valence-electron chi connectivity index (χ1n) is 9.83. The van der Waals surface area contributed by atoms with Crippen LogP contribution < -0.4 is 10.9 Å². The van der Waals surface area contributed by atoms with Gasteiger partial charge in [-0.05, 0) is 24.6 Å². The Kier molecular flexibility index (Phi) is 4.17. The number of benzene rings is 2. The maximum atomic E-state index is 13.6. The van der Waals surface area contributed by atoms with Crippen LogP contribution in [-0.4, -0.2) is 25.5 Å². The Morgan fingerprint density at radius 1 is 0.967 bits per heavy atom. The van der Waals surface area contributed by atoms with Crippen molar-refractivity contribution >= 4 is 11.7 Å². The molecule has 0 unspecified atom stereocenters. The molecular weight excluding hydrogens is 378 g/mol. The van der Waals surface area contributed by atoms with Crippen molar-refractivity contribution in [1.29, 1.82) is 0 Å². The van der Waals surface area contributed by atoms with Crippen molar-refractivity contribution < 1.29 is 4.79 Å². The van der Waals surface area contributed by atoms with Crippen molar-refractivity contribution in [2.24, 2.45) is 7.05 Å². The lowest BCUT2D eigenvalue weighted by molar-refractivity contribution is -0.116. The smallest absolute Gasteiger partial charge is 0.275 e. The number of aromatic nitrogens is 4. The summed E-state index contributed by atoms with van der Waals surface area (Å²) in [4.78, 5) is 26.0. The molecule has 1 aliphatic heterocycles. The van der Waals surface area contributed by atoms with Gasteiger partial charge >= 0.3 is 0 Å². The van der Waals surface area contributed by atoms with Crippen molar-refractivity contribution in [2.75, 3.05) is 5.32 Å². The summed E-state index contributed by atoms with van der Waals surface area (Å²) in [6.07, 6.45) is 0.196. The van der Waals surface area contributed by atoms with E-state index in [0.29, 0.717) is 11.4 Å². The van der Waals surface area contributed by atoms with Crippen LogP contribution >= 0.6 is 0 Å². The number of H-pyrrole nitrogens is 1. The van der Waals surface area contributed by atoms with Gasteiger partial charge < -0.3 is 5.32 Å². The minimum atomic E-state index is -0.383. The number of carbonyl (C=O) groups excluding carboxylic acids is 1. The molecule has 2 aromatic heterocycles. The van der Waals surface area contributed by atoms with Gasteiger partial charge in [0.2, 0.25) is 5.91 Å². The van der Waals surface area contributed by atoms with Gasteiger partial charge in [0, 0.05) is 36.2 Å². The molecule has 0 radical (unpaired) electrons. The molecule has 1 amide bonds. The first kappa shape index (κ1) is 18.2. The van der Waals surface area contributed by atoms with Gasteiger partial charge in [0.15, 0.2) is 5.82 Å². The highest BCUT2D eigenvalue weighted by Gasteiger charge is 2.36. The number of anilines is 1. The van der Waals surface area contributed by atoms with E-state index in [9.17, 15) is 9.59 Å². The van der Waals surface area contributed by atoms with Crippen molar-refractivity contribution in [3.8, 4) is 16.9 Å². The van der Waals surface area contributed by atoms with E-state index in [2.05, 4.69) is 15.5 Å². The van der Waals surface area contributed by atoms with Gasteiger partial charge in [0.25, 0.3) is 5.56 Å². The minimum absolute atomic E-state index is 0.118. The van der Waals surface area contributed by atoms with Gasteiger partial charge in [-0.25, -0.2) is 4.68 Å². The third-order valence-electron chi connectivity index (χ3n) is 5.81. The Balaban J connectivity index is 1.73. The fourth-order valence-corrected chi connectivity index (χ4v) is 4.32. The molecule has 0 fully saturated rings. The molecule has 0 aliphatic carbocycles. The fourth-order valence-electron chi connectivity index (χ4n) is 4.32. The van der Waals surface area contributed by atoms with Crippen LogP contribution in [0.4, 0.5) is 5.82 Å². The summed E-state index contributed by atoms with van der Waals surface area (Å²) in [5, 5.41) is 10.2. The lowest BCUT2D eigenvalue weighted by atomic mass is 9.84. The molecule has 7 nitrogen and oxygen atoms in total. The number of hydrogen-bond donors (Lipinski definition) is 2. The number of para-hydroxylation sites is 1. The number of amides is 1. The third-order valence-corrected chi connectivity index (χ3v) is 5.81. The molecule has 2 aromatic carbocycles. The van der Waals surface area contributed by atoms with Crippen molar-refractivity contribution in [2.45, 2.75) is 19.3 Å². The van der Waals surface area contributed by atoms with Gasteiger partial charge in [0.1, 0.15) is 0 Å². The molecule has 3 heterocycles. The van der Waals surface area contributed by atoms with E-state index < -0.39 is 0 Å². The van der Waals surface area contributed by atoms with Gasteiger partial charge in [-0.15, -0.1) is 0 Å². The fraction of sp³-hybridized carbons (Fsp3) is 0.174. The Morgan fingerprint density at radius 2 is 1.63 bits per heavy atom. The summed E-state index contributed by atoms with van der Waals surface area (Å²) in [5.74, 6) is -0.0390. The number of nitrogens with zero attached hydrogens (tertiary/aromatic N) is 3. The minimum Gasteiger partial charge on any atom is -0.309 e. The monoisotopic (exact) mass is 399 g/mol. The summed E-state index contributed by atoms with van der Waals surface area (Å²) in [6, 6.07) is 19.4. The van der Waals surface area contributed by atoms with Crippen molar-refractivity contribution in [3.05, 3.63) is 87.8 Å².